The SMILES string of the molecule is O=S(=O)(Nn1nc(C(F)(F)F)cc1-c1c(F)c(F)c(F)c(F)c1F)c1ccccc1. The fourth-order valence-electron chi connectivity index (χ4n) is 2.36. The highest BCUT2D eigenvalue weighted by Gasteiger charge is 2.38. The van der Waals surface area contributed by atoms with Crippen LogP contribution in [0.2, 0.25) is 0 Å². The zero-order valence-corrected chi connectivity index (χ0v) is 14.9. The minimum absolute atomic E-state index is 0.0637. The number of sulfonamides is 1. The van der Waals surface area contributed by atoms with Crippen LogP contribution in [0.5, 0.6) is 0 Å². The molecule has 5 nitrogen and oxygen atoms in total. The van der Waals surface area contributed by atoms with Crippen molar-refractivity contribution < 1.29 is 43.5 Å². The largest absolute Gasteiger partial charge is 0.435 e. The second kappa shape index (κ2) is 7.27. The average Bonchev–Trinajstić information content (AvgIpc) is 3.09. The quantitative estimate of drug-likeness (QED) is 0.363. The summed E-state index contributed by atoms with van der Waals surface area (Å²) >= 11 is 0. The summed E-state index contributed by atoms with van der Waals surface area (Å²) in [6.07, 6.45) is -5.23. The van der Waals surface area contributed by atoms with Gasteiger partial charge in [-0.2, -0.15) is 31.2 Å². The first kappa shape index (κ1) is 21.5. The summed E-state index contributed by atoms with van der Waals surface area (Å²) in [4.78, 5) is 0.801. The molecule has 2 aromatic carbocycles. The first-order valence-electron chi connectivity index (χ1n) is 7.61. The van der Waals surface area contributed by atoms with E-state index in [9.17, 15) is 43.5 Å². The Balaban J connectivity index is 2.26. The van der Waals surface area contributed by atoms with Gasteiger partial charge in [-0.1, -0.05) is 18.2 Å². The Morgan fingerprint density at radius 3 is 1.83 bits per heavy atom. The van der Waals surface area contributed by atoms with Crippen LogP contribution in [0.3, 0.4) is 0 Å². The van der Waals surface area contributed by atoms with Crippen LogP contribution in [-0.4, -0.2) is 18.3 Å². The molecule has 0 fully saturated rings. The normalized spacial score (nSPS) is 12.3. The van der Waals surface area contributed by atoms with Crippen molar-refractivity contribution in [3.63, 3.8) is 0 Å². The van der Waals surface area contributed by atoms with E-state index in [0.717, 1.165) is 12.1 Å². The van der Waals surface area contributed by atoms with Crippen molar-refractivity contribution in [1.82, 2.24) is 9.89 Å². The highest BCUT2D eigenvalue weighted by molar-refractivity contribution is 7.92. The molecule has 0 radical (unpaired) electrons. The molecule has 1 heterocycles. The number of alkyl halides is 3. The summed E-state index contributed by atoms with van der Waals surface area (Å²) in [6.45, 7) is 0. The highest BCUT2D eigenvalue weighted by atomic mass is 32.2. The van der Waals surface area contributed by atoms with E-state index in [1.807, 2.05) is 0 Å². The average molecular weight is 457 g/mol. The van der Waals surface area contributed by atoms with Crippen LogP contribution in [0.15, 0.2) is 41.3 Å². The zero-order chi connectivity index (χ0) is 22.4. The monoisotopic (exact) mass is 457 g/mol. The molecule has 1 aromatic heterocycles. The molecule has 0 atom stereocenters. The van der Waals surface area contributed by atoms with Gasteiger partial charge in [0.2, 0.25) is 5.82 Å². The number of nitrogens with zero attached hydrogens (tertiary/aromatic N) is 2. The Morgan fingerprint density at radius 2 is 1.33 bits per heavy atom. The number of rotatable bonds is 4. The van der Waals surface area contributed by atoms with E-state index in [1.165, 1.54) is 23.0 Å². The Kier molecular flexibility index (Phi) is 5.22. The second-order valence-electron chi connectivity index (χ2n) is 5.68. The fraction of sp³-hybridized carbons (Fsp3) is 0.0625. The van der Waals surface area contributed by atoms with Gasteiger partial charge in [-0.15, -0.1) is 5.10 Å². The second-order valence-corrected chi connectivity index (χ2v) is 7.34. The molecule has 0 aliphatic heterocycles. The van der Waals surface area contributed by atoms with Crippen LogP contribution in [0.1, 0.15) is 5.69 Å². The summed E-state index contributed by atoms with van der Waals surface area (Å²) in [5.74, 6) is -12.4. The third-order valence-corrected chi connectivity index (χ3v) is 5.03. The molecular formula is C16H7F8N3O2S. The van der Waals surface area contributed by atoms with Crippen LogP contribution >= 0.6 is 0 Å². The van der Waals surface area contributed by atoms with Crippen LogP contribution in [-0.2, 0) is 16.2 Å². The number of hydrogen-bond donors (Lipinski definition) is 1. The van der Waals surface area contributed by atoms with Crippen molar-refractivity contribution in [2.45, 2.75) is 11.1 Å². The lowest BCUT2D eigenvalue weighted by atomic mass is 10.1. The molecule has 0 saturated carbocycles. The molecule has 1 N–H and O–H groups in total. The lowest BCUT2D eigenvalue weighted by Crippen LogP contribution is -2.26. The van der Waals surface area contributed by atoms with Gasteiger partial charge in [0.05, 0.1) is 16.2 Å². The van der Waals surface area contributed by atoms with Gasteiger partial charge < -0.3 is 0 Å². The predicted molar refractivity (Wildman–Crippen MR) is 85.4 cm³/mol. The lowest BCUT2D eigenvalue weighted by molar-refractivity contribution is -0.141. The molecule has 0 aliphatic rings. The van der Waals surface area contributed by atoms with Crippen molar-refractivity contribution >= 4 is 10.0 Å². The Hall–Kier alpha value is -3.16. The van der Waals surface area contributed by atoms with E-state index in [2.05, 4.69) is 5.10 Å². The van der Waals surface area contributed by atoms with Gasteiger partial charge in [0.15, 0.2) is 29.0 Å². The van der Waals surface area contributed by atoms with E-state index >= 15 is 0 Å². The van der Waals surface area contributed by atoms with Gasteiger partial charge in [-0.25, -0.2) is 22.0 Å². The Bertz CT molecular complexity index is 1190. The van der Waals surface area contributed by atoms with Crippen LogP contribution < -0.4 is 4.83 Å². The zero-order valence-electron chi connectivity index (χ0n) is 14.1. The number of aromatic nitrogens is 2. The molecule has 3 aromatic rings. The topological polar surface area (TPSA) is 64.0 Å². The minimum atomic E-state index is -5.23. The highest BCUT2D eigenvalue weighted by Crippen LogP contribution is 2.35. The lowest BCUT2D eigenvalue weighted by Gasteiger charge is -2.13. The standard InChI is InChI=1S/C16H7F8N3O2S/c17-11-10(12(18)14(20)15(21)13(11)19)8-6-9(16(22,23)24)25-27(8)26-30(28,29)7-4-2-1-3-5-7/h1-6,26H. The van der Waals surface area contributed by atoms with Crippen LogP contribution in [0, 0.1) is 29.1 Å². The van der Waals surface area contributed by atoms with Gasteiger partial charge in [0, 0.05) is 0 Å². The molecule has 160 valence electrons. The summed E-state index contributed by atoms with van der Waals surface area (Å²) in [7, 11) is -4.65. The van der Waals surface area contributed by atoms with Crippen LogP contribution in [0.4, 0.5) is 35.1 Å². The fourth-order valence-corrected chi connectivity index (χ4v) is 3.35. The maximum absolute atomic E-state index is 14.1. The number of hydrogen-bond acceptors (Lipinski definition) is 3. The summed E-state index contributed by atoms with van der Waals surface area (Å²) in [5.41, 5.74) is -5.02. The maximum Gasteiger partial charge on any atom is 0.435 e. The van der Waals surface area contributed by atoms with E-state index in [1.54, 1.807) is 0 Å². The Labute approximate surface area is 162 Å². The number of nitrogens with one attached hydrogen (secondary N) is 1. The van der Waals surface area contributed by atoms with Gasteiger partial charge in [0.1, 0.15) is 0 Å². The van der Waals surface area contributed by atoms with Crippen molar-refractivity contribution in [2.75, 3.05) is 4.83 Å². The third-order valence-electron chi connectivity index (χ3n) is 3.73. The molecule has 0 spiro atoms. The number of halogens is 8. The van der Waals surface area contributed by atoms with E-state index in [-0.39, 0.29) is 10.9 Å². The third kappa shape index (κ3) is 3.69. The first-order valence-corrected chi connectivity index (χ1v) is 9.10. The van der Waals surface area contributed by atoms with E-state index in [4.69, 9.17) is 0 Å². The summed E-state index contributed by atoms with van der Waals surface area (Å²) < 4.78 is 132. The maximum atomic E-state index is 14.1. The van der Waals surface area contributed by atoms with Crippen molar-refractivity contribution in [3.05, 3.63) is 71.2 Å². The predicted octanol–water partition coefficient (Wildman–Crippen LogP) is 4.20. The molecule has 0 aliphatic carbocycles. The number of benzene rings is 2. The molecular weight excluding hydrogens is 450 g/mol. The van der Waals surface area contributed by atoms with Crippen molar-refractivity contribution in [1.29, 1.82) is 0 Å². The molecule has 0 unspecified atom stereocenters. The van der Waals surface area contributed by atoms with Gasteiger partial charge in [0.25, 0.3) is 10.0 Å². The van der Waals surface area contributed by atoms with E-state index in [0.29, 0.717) is 0 Å². The van der Waals surface area contributed by atoms with Gasteiger partial charge in [-0.05, 0) is 18.2 Å². The molecule has 0 bridgehead atoms. The summed E-state index contributed by atoms with van der Waals surface area (Å²) in [6, 6.07) is 5.97. The molecule has 0 amide bonds. The van der Waals surface area contributed by atoms with Crippen LogP contribution in [0.25, 0.3) is 11.3 Å². The van der Waals surface area contributed by atoms with Gasteiger partial charge >= 0.3 is 6.18 Å². The summed E-state index contributed by atoms with van der Waals surface area (Å²) in [5, 5.41) is 2.86. The first-order chi connectivity index (χ1) is 13.8. The minimum Gasteiger partial charge on any atom is -0.203 e. The van der Waals surface area contributed by atoms with E-state index < -0.39 is 67.1 Å². The van der Waals surface area contributed by atoms with Gasteiger partial charge in [-0.3, -0.25) is 0 Å². The molecule has 30 heavy (non-hydrogen) atoms. The van der Waals surface area contributed by atoms with Crippen molar-refractivity contribution in [3.8, 4) is 11.3 Å². The molecule has 14 heteroatoms. The molecule has 3 rings (SSSR count). The smallest absolute Gasteiger partial charge is 0.203 e. The Morgan fingerprint density at radius 1 is 0.833 bits per heavy atom. The van der Waals surface area contributed by atoms with Crippen molar-refractivity contribution in [2.24, 2.45) is 0 Å². The molecule has 0 saturated heterocycles.